The molecule has 0 radical (unpaired) electrons. The maximum atomic E-state index is 6.52. The van der Waals surface area contributed by atoms with E-state index in [9.17, 15) is 0 Å². The Morgan fingerprint density at radius 3 is 1.22 bits per heavy atom. The number of nitrogens with two attached hydrogens (primary N) is 1. The van der Waals surface area contributed by atoms with Gasteiger partial charge in [0.25, 0.3) is 0 Å². The Morgan fingerprint density at radius 1 is 0.528 bits per heavy atom. The molecular weight excluding hydrogens is 444 g/mol. The van der Waals surface area contributed by atoms with Crippen molar-refractivity contribution >= 4 is 0 Å². The van der Waals surface area contributed by atoms with Crippen LogP contribution in [0.3, 0.4) is 0 Å². The van der Waals surface area contributed by atoms with Crippen LogP contribution >= 0.6 is 0 Å². The molecule has 0 saturated heterocycles. The number of hydrogen-bond acceptors (Lipinski definition) is 3. The summed E-state index contributed by atoms with van der Waals surface area (Å²) < 4.78 is 13.3. The predicted octanol–water partition coefficient (Wildman–Crippen LogP) is 9.00. The van der Waals surface area contributed by atoms with Gasteiger partial charge in [-0.1, -0.05) is 129 Å². The van der Waals surface area contributed by atoms with Gasteiger partial charge >= 0.3 is 0 Å². The van der Waals surface area contributed by atoms with Gasteiger partial charge in [0.2, 0.25) is 0 Å². The van der Waals surface area contributed by atoms with Gasteiger partial charge in [0.05, 0.1) is 20.1 Å². The lowest BCUT2D eigenvalue weighted by molar-refractivity contribution is -0.914. The van der Waals surface area contributed by atoms with E-state index in [1.165, 1.54) is 116 Å². The molecule has 2 atom stereocenters. The Bertz CT molecular complexity index is 442. The second kappa shape index (κ2) is 25.1. The number of likely N-dealkylation sites (N-methyl/N-ethyl adjacent to an activating group) is 1. The van der Waals surface area contributed by atoms with Gasteiger partial charge in [-0.25, -0.2) is 0 Å². The minimum Gasteiger partial charge on any atom is -0.368 e. The first-order valence-electron chi connectivity index (χ1n) is 16.2. The number of hydrogen-bond donors (Lipinski definition) is 1. The van der Waals surface area contributed by atoms with Crippen molar-refractivity contribution in [2.24, 2.45) is 5.73 Å². The van der Waals surface area contributed by atoms with Gasteiger partial charge in [-0.2, -0.15) is 0 Å². The van der Waals surface area contributed by atoms with Gasteiger partial charge in [0, 0.05) is 13.2 Å². The first-order chi connectivity index (χ1) is 17.3. The van der Waals surface area contributed by atoms with Crippen LogP contribution in [0.25, 0.3) is 0 Å². The molecule has 0 bridgehead atoms. The fourth-order valence-corrected chi connectivity index (χ4v) is 4.67. The Kier molecular flexibility index (Phi) is 25.0. The summed E-state index contributed by atoms with van der Waals surface area (Å²) in [4.78, 5) is 0. The van der Waals surface area contributed by atoms with Crippen molar-refractivity contribution in [3.8, 4) is 0 Å². The molecule has 0 aromatic rings. The summed E-state index contributed by atoms with van der Waals surface area (Å²) in [6.07, 6.45) is 26.5. The Hall–Kier alpha value is -0.160. The summed E-state index contributed by atoms with van der Waals surface area (Å²) in [7, 11) is 4.55. The molecule has 0 heterocycles. The molecule has 0 aliphatic heterocycles. The first kappa shape index (κ1) is 35.8. The van der Waals surface area contributed by atoms with Crippen LogP contribution in [0.15, 0.2) is 0 Å². The predicted molar refractivity (Wildman–Crippen MR) is 159 cm³/mol. The SMILES string of the molecule is CCCCCCCCCCCCOC(N)C(C[N+](C)(C)C(C)C)OCCCCCCCCCCCC. The topological polar surface area (TPSA) is 44.5 Å². The summed E-state index contributed by atoms with van der Waals surface area (Å²) in [5.74, 6) is 0. The molecule has 4 heteroatoms. The summed E-state index contributed by atoms with van der Waals surface area (Å²) >= 11 is 0. The van der Waals surface area contributed by atoms with Crippen LogP contribution in [-0.2, 0) is 9.47 Å². The fourth-order valence-electron chi connectivity index (χ4n) is 4.67. The molecule has 0 aliphatic rings. The van der Waals surface area contributed by atoms with E-state index in [-0.39, 0.29) is 12.3 Å². The van der Waals surface area contributed by atoms with Gasteiger partial charge in [-0.15, -0.1) is 0 Å². The molecule has 0 aromatic heterocycles. The maximum Gasteiger partial charge on any atom is 0.145 e. The number of nitrogens with zero attached hydrogens (tertiary/aromatic N) is 1. The van der Waals surface area contributed by atoms with Crippen molar-refractivity contribution < 1.29 is 14.0 Å². The fraction of sp³-hybridized carbons (Fsp3) is 1.00. The number of unbranched alkanes of at least 4 members (excludes halogenated alkanes) is 18. The monoisotopic (exact) mass is 514 g/mol. The first-order valence-corrected chi connectivity index (χ1v) is 16.2. The number of ether oxygens (including phenoxy) is 2. The summed E-state index contributed by atoms with van der Waals surface area (Å²) in [5, 5.41) is 0. The molecule has 0 aliphatic carbocycles. The highest BCUT2D eigenvalue weighted by atomic mass is 16.5. The van der Waals surface area contributed by atoms with Gasteiger partial charge in [-0.3, -0.25) is 0 Å². The van der Waals surface area contributed by atoms with E-state index in [1.54, 1.807) is 0 Å². The van der Waals surface area contributed by atoms with Gasteiger partial charge in [0.15, 0.2) is 0 Å². The summed E-state index contributed by atoms with van der Waals surface area (Å²) in [5.41, 5.74) is 6.52. The van der Waals surface area contributed by atoms with E-state index in [2.05, 4.69) is 41.8 Å². The lowest BCUT2D eigenvalue weighted by Crippen LogP contribution is -2.55. The standard InChI is InChI=1S/C32H69N2O2/c1-7-9-11-13-15-17-19-21-23-25-27-35-31(29-34(5,6)30(3)4)32(33)36-28-26-24-22-20-18-16-14-12-10-8-2/h30-32H,7-29,33H2,1-6H3/q+1. The molecule has 4 nitrogen and oxygen atoms in total. The zero-order valence-electron chi connectivity index (χ0n) is 25.8. The quantitative estimate of drug-likeness (QED) is 0.0645. The molecule has 218 valence electrons. The normalized spacial score (nSPS) is 14.0. The van der Waals surface area contributed by atoms with E-state index >= 15 is 0 Å². The molecule has 0 spiro atoms. The van der Waals surface area contributed by atoms with Gasteiger partial charge < -0.3 is 19.7 Å². The highest BCUT2D eigenvalue weighted by Crippen LogP contribution is 2.15. The van der Waals surface area contributed by atoms with Crippen molar-refractivity contribution in [3.05, 3.63) is 0 Å². The summed E-state index contributed by atoms with van der Waals surface area (Å²) in [6, 6.07) is 0.530. The van der Waals surface area contributed by atoms with E-state index in [1.807, 2.05) is 0 Å². The Morgan fingerprint density at radius 2 is 0.861 bits per heavy atom. The Labute approximate surface area is 228 Å². The zero-order valence-corrected chi connectivity index (χ0v) is 25.8. The average Bonchev–Trinajstić information content (AvgIpc) is 2.84. The van der Waals surface area contributed by atoms with Crippen molar-refractivity contribution in [2.45, 2.75) is 174 Å². The second-order valence-electron chi connectivity index (χ2n) is 12.2. The lowest BCUT2D eigenvalue weighted by atomic mass is 10.1. The van der Waals surface area contributed by atoms with Crippen LogP contribution in [0, 0.1) is 0 Å². The Balaban J connectivity index is 4.07. The molecule has 36 heavy (non-hydrogen) atoms. The molecule has 2 N–H and O–H groups in total. The smallest absolute Gasteiger partial charge is 0.145 e. The third-order valence-corrected chi connectivity index (χ3v) is 8.05. The van der Waals surface area contributed by atoms with E-state index < -0.39 is 0 Å². The van der Waals surface area contributed by atoms with Crippen LogP contribution in [0.1, 0.15) is 156 Å². The van der Waals surface area contributed by atoms with Crippen LogP contribution < -0.4 is 5.73 Å². The largest absolute Gasteiger partial charge is 0.368 e. The van der Waals surface area contributed by atoms with Gasteiger partial charge in [0.1, 0.15) is 18.9 Å². The maximum absolute atomic E-state index is 6.52. The van der Waals surface area contributed by atoms with E-state index in [0.717, 1.165) is 37.1 Å². The van der Waals surface area contributed by atoms with Crippen molar-refractivity contribution in [2.75, 3.05) is 33.9 Å². The third-order valence-electron chi connectivity index (χ3n) is 8.05. The lowest BCUT2D eigenvalue weighted by Gasteiger charge is -2.38. The molecule has 2 unspecified atom stereocenters. The molecule has 0 rings (SSSR count). The van der Waals surface area contributed by atoms with Gasteiger partial charge in [-0.05, 0) is 26.7 Å². The van der Waals surface area contributed by atoms with Crippen LogP contribution in [-0.4, -0.2) is 56.7 Å². The van der Waals surface area contributed by atoms with Crippen molar-refractivity contribution in [1.82, 2.24) is 0 Å². The summed E-state index contributed by atoms with van der Waals surface area (Å²) in [6.45, 7) is 11.6. The highest BCUT2D eigenvalue weighted by molar-refractivity contribution is 4.66. The van der Waals surface area contributed by atoms with Crippen LogP contribution in [0.5, 0.6) is 0 Å². The second-order valence-corrected chi connectivity index (χ2v) is 12.2. The molecule has 0 saturated carbocycles. The zero-order chi connectivity index (χ0) is 26.9. The average molecular weight is 514 g/mol. The van der Waals surface area contributed by atoms with E-state index in [0.29, 0.717) is 6.04 Å². The van der Waals surface area contributed by atoms with Crippen LogP contribution in [0.4, 0.5) is 0 Å². The number of quaternary nitrogens is 1. The van der Waals surface area contributed by atoms with Crippen LogP contribution in [0.2, 0.25) is 0 Å². The minimum atomic E-state index is -0.331. The van der Waals surface area contributed by atoms with Crippen molar-refractivity contribution in [1.29, 1.82) is 0 Å². The molecule has 0 fully saturated rings. The van der Waals surface area contributed by atoms with E-state index in [4.69, 9.17) is 15.2 Å². The highest BCUT2D eigenvalue weighted by Gasteiger charge is 2.30. The van der Waals surface area contributed by atoms with Crippen molar-refractivity contribution in [3.63, 3.8) is 0 Å². The third kappa shape index (κ3) is 21.9. The molecule has 0 amide bonds. The molecule has 0 aromatic carbocycles. The minimum absolute atomic E-state index is 0.0379. The molecular formula is C32H69N2O2+. The number of rotatable bonds is 28.